The van der Waals surface area contributed by atoms with Crippen molar-refractivity contribution in [3.63, 3.8) is 0 Å². The summed E-state index contributed by atoms with van der Waals surface area (Å²) in [5.74, 6) is 0.917. The van der Waals surface area contributed by atoms with E-state index < -0.39 is 0 Å². The van der Waals surface area contributed by atoms with Gasteiger partial charge in [-0.3, -0.25) is 0 Å². The molecule has 0 fully saturated rings. The van der Waals surface area contributed by atoms with Gasteiger partial charge >= 0.3 is 0 Å². The smallest absolute Gasteiger partial charge is 0.159 e. The summed E-state index contributed by atoms with van der Waals surface area (Å²) in [6.45, 7) is 2.88. The second-order valence-corrected chi connectivity index (χ2v) is 3.78. The lowest BCUT2D eigenvalue weighted by Gasteiger charge is -2.01. The second-order valence-electron chi connectivity index (χ2n) is 3.00. The van der Waals surface area contributed by atoms with Crippen LogP contribution in [0.1, 0.15) is 18.2 Å². The third kappa shape index (κ3) is 1.96. The molecule has 0 bridgehead atoms. The summed E-state index contributed by atoms with van der Waals surface area (Å²) >= 11 is 1.71. The molecule has 74 valence electrons. The monoisotopic (exact) mass is 208 g/mol. The number of thiophene rings is 1. The molecule has 2 heterocycles. The molecule has 0 amide bonds. The van der Waals surface area contributed by atoms with Crippen LogP contribution in [0.25, 0.3) is 0 Å². The SMILES string of the molecule is CCc1oncc1NCc1ccsc1. The quantitative estimate of drug-likeness (QED) is 0.839. The number of rotatable bonds is 4. The van der Waals surface area contributed by atoms with E-state index in [-0.39, 0.29) is 0 Å². The molecule has 4 heteroatoms. The van der Waals surface area contributed by atoms with Crippen molar-refractivity contribution in [2.45, 2.75) is 19.9 Å². The highest BCUT2D eigenvalue weighted by Crippen LogP contribution is 2.16. The van der Waals surface area contributed by atoms with E-state index in [0.29, 0.717) is 0 Å². The number of aromatic nitrogens is 1. The summed E-state index contributed by atoms with van der Waals surface area (Å²) in [6.07, 6.45) is 2.59. The Balaban J connectivity index is 1.98. The Hall–Kier alpha value is -1.29. The second kappa shape index (κ2) is 4.28. The van der Waals surface area contributed by atoms with Crippen molar-refractivity contribution in [2.75, 3.05) is 5.32 Å². The normalized spacial score (nSPS) is 10.4. The lowest BCUT2D eigenvalue weighted by molar-refractivity contribution is 0.387. The van der Waals surface area contributed by atoms with Crippen LogP contribution in [0.5, 0.6) is 0 Å². The average molecular weight is 208 g/mol. The molecular weight excluding hydrogens is 196 g/mol. The molecule has 0 spiro atoms. The van der Waals surface area contributed by atoms with Crippen LogP contribution in [0.3, 0.4) is 0 Å². The van der Waals surface area contributed by atoms with Crippen molar-refractivity contribution >= 4 is 17.0 Å². The predicted molar refractivity (Wildman–Crippen MR) is 57.5 cm³/mol. The molecule has 0 unspecified atom stereocenters. The molecule has 0 aliphatic heterocycles. The molecule has 3 nitrogen and oxygen atoms in total. The Labute approximate surface area is 86.7 Å². The van der Waals surface area contributed by atoms with E-state index in [0.717, 1.165) is 24.4 Å². The highest BCUT2D eigenvalue weighted by molar-refractivity contribution is 7.07. The number of hydrogen-bond acceptors (Lipinski definition) is 4. The molecule has 0 aromatic carbocycles. The first kappa shape index (κ1) is 9.27. The van der Waals surface area contributed by atoms with Crippen molar-refractivity contribution in [1.82, 2.24) is 5.16 Å². The van der Waals surface area contributed by atoms with Gasteiger partial charge in [0, 0.05) is 13.0 Å². The maximum Gasteiger partial charge on any atom is 0.159 e. The minimum Gasteiger partial charge on any atom is -0.377 e. The zero-order valence-electron chi connectivity index (χ0n) is 7.99. The van der Waals surface area contributed by atoms with Crippen LogP contribution < -0.4 is 5.32 Å². The van der Waals surface area contributed by atoms with Gasteiger partial charge in [0.05, 0.1) is 11.9 Å². The highest BCUT2D eigenvalue weighted by Gasteiger charge is 2.04. The molecule has 14 heavy (non-hydrogen) atoms. The number of nitrogens with zero attached hydrogens (tertiary/aromatic N) is 1. The Morgan fingerprint density at radius 1 is 1.57 bits per heavy atom. The maximum atomic E-state index is 5.07. The van der Waals surface area contributed by atoms with Crippen molar-refractivity contribution in [2.24, 2.45) is 0 Å². The molecule has 0 saturated heterocycles. The van der Waals surface area contributed by atoms with E-state index in [4.69, 9.17) is 4.52 Å². The van der Waals surface area contributed by atoms with Crippen molar-refractivity contribution in [3.8, 4) is 0 Å². The fourth-order valence-corrected chi connectivity index (χ4v) is 1.92. The predicted octanol–water partition coefficient (Wildman–Crippen LogP) is 2.91. The number of nitrogens with one attached hydrogen (secondary N) is 1. The van der Waals surface area contributed by atoms with Gasteiger partial charge < -0.3 is 9.84 Å². The van der Waals surface area contributed by atoms with Crippen LogP contribution in [0.2, 0.25) is 0 Å². The maximum absolute atomic E-state index is 5.07. The standard InChI is InChI=1S/C10H12N2OS/c1-2-10-9(6-12-13-10)11-5-8-3-4-14-7-8/h3-4,6-7,11H,2,5H2,1H3. The number of hydrogen-bond donors (Lipinski definition) is 1. The summed E-state index contributed by atoms with van der Waals surface area (Å²) in [5, 5.41) is 11.3. The van der Waals surface area contributed by atoms with Gasteiger partial charge in [0.15, 0.2) is 5.76 Å². The fourth-order valence-electron chi connectivity index (χ4n) is 1.25. The molecule has 1 N–H and O–H groups in total. The third-order valence-corrected chi connectivity index (χ3v) is 2.76. The van der Waals surface area contributed by atoms with E-state index in [2.05, 4.69) is 34.2 Å². The fraction of sp³-hybridized carbons (Fsp3) is 0.300. The Kier molecular flexibility index (Phi) is 2.84. The summed E-state index contributed by atoms with van der Waals surface area (Å²) in [7, 11) is 0. The van der Waals surface area contributed by atoms with Gasteiger partial charge in [-0.25, -0.2) is 0 Å². The lowest BCUT2D eigenvalue weighted by Crippen LogP contribution is -1.98. The Bertz CT molecular complexity index is 380. The first-order chi connectivity index (χ1) is 6.90. The summed E-state index contributed by atoms with van der Waals surface area (Å²) in [5.41, 5.74) is 2.29. The molecule has 2 aromatic heterocycles. The first-order valence-corrected chi connectivity index (χ1v) is 5.53. The summed E-state index contributed by atoms with van der Waals surface area (Å²) in [6, 6.07) is 2.11. The minimum atomic E-state index is 0.831. The Morgan fingerprint density at radius 2 is 2.50 bits per heavy atom. The summed E-state index contributed by atoms with van der Waals surface area (Å²) < 4.78 is 5.07. The van der Waals surface area contributed by atoms with E-state index in [1.807, 2.05) is 0 Å². The molecular formula is C10H12N2OS. The van der Waals surface area contributed by atoms with Crippen LogP contribution in [0.4, 0.5) is 5.69 Å². The summed E-state index contributed by atoms with van der Waals surface area (Å²) in [4.78, 5) is 0. The van der Waals surface area contributed by atoms with Gasteiger partial charge in [-0.15, -0.1) is 0 Å². The van der Waals surface area contributed by atoms with Crippen LogP contribution in [-0.4, -0.2) is 5.16 Å². The van der Waals surface area contributed by atoms with Crippen LogP contribution >= 0.6 is 11.3 Å². The van der Waals surface area contributed by atoms with E-state index in [1.165, 1.54) is 5.56 Å². The van der Waals surface area contributed by atoms with Crippen LogP contribution in [0, 0.1) is 0 Å². The van der Waals surface area contributed by atoms with Gasteiger partial charge in [-0.1, -0.05) is 12.1 Å². The minimum absolute atomic E-state index is 0.831. The molecule has 2 aromatic rings. The van der Waals surface area contributed by atoms with E-state index in [9.17, 15) is 0 Å². The number of aryl methyl sites for hydroxylation is 1. The lowest BCUT2D eigenvalue weighted by atomic mass is 10.3. The first-order valence-electron chi connectivity index (χ1n) is 4.58. The molecule has 2 rings (SSSR count). The zero-order valence-corrected chi connectivity index (χ0v) is 8.80. The molecule has 0 aliphatic rings. The van der Waals surface area contributed by atoms with Crippen LogP contribution in [0.15, 0.2) is 27.5 Å². The van der Waals surface area contributed by atoms with Crippen LogP contribution in [-0.2, 0) is 13.0 Å². The van der Waals surface area contributed by atoms with Gasteiger partial charge in [0.25, 0.3) is 0 Å². The van der Waals surface area contributed by atoms with Gasteiger partial charge in [0.1, 0.15) is 0 Å². The van der Waals surface area contributed by atoms with Crippen molar-refractivity contribution in [1.29, 1.82) is 0 Å². The molecule has 0 radical (unpaired) electrons. The highest BCUT2D eigenvalue weighted by atomic mass is 32.1. The van der Waals surface area contributed by atoms with Gasteiger partial charge in [-0.05, 0) is 22.4 Å². The Morgan fingerprint density at radius 3 is 3.21 bits per heavy atom. The van der Waals surface area contributed by atoms with E-state index in [1.54, 1.807) is 17.5 Å². The third-order valence-electron chi connectivity index (χ3n) is 2.03. The van der Waals surface area contributed by atoms with Gasteiger partial charge in [0.2, 0.25) is 0 Å². The van der Waals surface area contributed by atoms with Gasteiger partial charge in [-0.2, -0.15) is 11.3 Å². The molecule has 0 saturated carbocycles. The van der Waals surface area contributed by atoms with Crippen molar-refractivity contribution < 1.29 is 4.52 Å². The zero-order chi connectivity index (χ0) is 9.80. The molecule has 0 atom stereocenters. The number of anilines is 1. The largest absolute Gasteiger partial charge is 0.377 e. The average Bonchev–Trinajstić information content (AvgIpc) is 2.85. The topological polar surface area (TPSA) is 38.1 Å². The van der Waals surface area contributed by atoms with E-state index >= 15 is 0 Å². The van der Waals surface area contributed by atoms with Crippen molar-refractivity contribution in [3.05, 3.63) is 34.3 Å². The molecule has 0 aliphatic carbocycles.